The normalized spacial score (nSPS) is 13.7. The molecule has 0 unspecified atom stereocenters. The summed E-state index contributed by atoms with van der Waals surface area (Å²) >= 11 is 2.48. The number of para-hydroxylation sites is 1. The van der Waals surface area contributed by atoms with E-state index in [0.717, 1.165) is 16.8 Å². The number of thiazole rings is 2. The van der Waals surface area contributed by atoms with Crippen molar-refractivity contribution in [2.75, 3.05) is 11.9 Å². The van der Waals surface area contributed by atoms with Crippen LogP contribution in [0.2, 0.25) is 0 Å². The van der Waals surface area contributed by atoms with E-state index in [1.807, 2.05) is 30.3 Å². The molecule has 3 heterocycles. The molecule has 1 aliphatic heterocycles. The predicted octanol–water partition coefficient (Wildman–Crippen LogP) is 4.79. The topological polar surface area (TPSA) is 96.7 Å². The lowest BCUT2D eigenvalue weighted by atomic mass is 10.1. The molecule has 0 atom stereocenters. The zero-order chi connectivity index (χ0) is 19.7. The minimum atomic E-state index is -0.392. The first-order valence-electron chi connectivity index (χ1n) is 8.51. The number of aromatic hydroxyl groups is 1. The van der Waals surface area contributed by atoms with Crippen molar-refractivity contribution in [2.24, 2.45) is 4.99 Å². The number of aliphatic imine (C=N–C) groups is 1. The maximum atomic E-state index is 11.9. The van der Waals surface area contributed by atoms with E-state index in [2.05, 4.69) is 20.3 Å². The van der Waals surface area contributed by atoms with Gasteiger partial charge in [0.15, 0.2) is 10.3 Å². The third-order valence-corrected chi connectivity index (χ3v) is 5.91. The smallest absolute Gasteiger partial charge is 0.350 e. The molecule has 2 N–H and O–H groups in total. The molecule has 2 aromatic heterocycles. The highest BCUT2D eigenvalue weighted by molar-refractivity contribution is 7.19. The Hall–Kier alpha value is -3.04. The van der Waals surface area contributed by atoms with Crippen LogP contribution >= 0.6 is 22.7 Å². The molecule has 0 aliphatic carbocycles. The van der Waals surface area contributed by atoms with Gasteiger partial charge in [0.1, 0.15) is 4.88 Å². The summed E-state index contributed by atoms with van der Waals surface area (Å²) < 4.78 is 5.03. The van der Waals surface area contributed by atoms with Gasteiger partial charge in [-0.15, -0.1) is 0 Å². The summed E-state index contributed by atoms with van der Waals surface area (Å²) in [6.07, 6.45) is 3.62. The lowest BCUT2D eigenvalue weighted by molar-refractivity contribution is 0.0531. The Kier molecular flexibility index (Phi) is 4.93. The SMILES string of the molecule is CCOC(=O)c1sc(Nc2nc(O)c(C=C3C=Nc4ccccc43)s2)nc1C. The number of rotatable bonds is 5. The van der Waals surface area contributed by atoms with E-state index in [-0.39, 0.29) is 5.88 Å². The van der Waals surface area contributed by atoms with Crippen molar-refractivity contribution in [3.63, 3.8) is 0 Å². The van der Waals surface area contributed by atoms with Crippen LogP contribution in [0.25, 0.3) is 11.6 Å². The number of carbonyl (C=O) groups is 1. The number of benzene rings is 1. The van der Waals surface area contributed by atoms with Crippen molar-refractivity contribution >= 4 is 62.5 Å². The zero-order valence-electron chi connectivity index (χ0n) is 15.1. The van der Waals surface area contributed by atoms with Crippen LogP contribution in [0.1, 0.15) is 32.7 Å². The number of anilines is 2. The molecular formula is C19H16N4O3S2. The molecule has 0 spiro atoms. The van der Waals surface area contributed by atoms with Crippen molar-refractivity contribution in [2.45, 2.75) is 13.8 Å². The summed E-state index contributed by atoms with van der Waals surface area (Å²) in [6, 6.07) is 7.82. The minimum absolute atomic E-state index is 0.0725. The quantitative estimate of drug-likeness (QED) is 0.585. The molecule has 0 saturated heterocycles. The van der Waals surface area contributed by atoms with Crippen LogP contribution < -0.4 is 5.32 Å². The first-order chi connectivity index (χ1) is 13.5. The van der Waals surface area contributed by atoms with E-state index in [0.29, 0.717) is 32.3 Å². The van der Waals surface area contributed by atoms with E-state index < -0.39 is 5.97 Å². The highest BCUT2D eigenvalue weighted by Gasteiger charge is 2.18. The second kappa shape index (κ2) is 7.53. The van der Waals surface area contributed by atoms with Crippen molar-refractivity contribution in [1.29, 1.82) is 0 Å². The van der Waals surface area contributed by atoms with Crippen LogP contribution in [-0.4, -0.2) is 33.9 Å². The molecule has 9 heteroatoms. The molecule has 1 aromatic carbocycles. The number of nitrogens with one attached hydrogen (secondary N) is 1. The molecule has 0 bridgehead atoms. The van der Waals surface area contributed by atoms with Crippen molar-refractivity contribution < 1.29 is 14.6 Å². The van der Waals surface area contributed by atoms with E-state index >= 15 is 0 Å². The number of carbonyl (C=O) groups excluding carboxylic acids is 1. The average Bonchev–Trinajstić information content (AvgIpc) is 3.34. The van der Waals surface area contributed by atoms with Gasteiger partial charge in [-0.25, -0.2) is 9.78 Å². The second-order valence-corrected chi connectivity index (χ2v) is 7.89. The second-order valence-electron chi connectivity index (χ2n) is 5.86. The number of fused-ring (bicyclic) bond motifs is 1. The number of aromatic nitrogens is 2. The molecule has 0 saturated carbocycles. The molecular weight excluding hydrogens is 396 g/mol. The number of hydrogen-bond acceptors (Lipinski definition) is 9. The monoisotopic (exact) mass is 412 g/mol. The summed E-state index contributed by atoms with van der Waals surface area (Å²) in [7, 11) is 0. The van der Waals surface area contributed by atoms with Gasteiger partial charge in [-0.2, -0.15) is 4.98 Å². The maximum absolute atomic E-state index is 11.9. The number of nitrogens with zero attached hydrogens (tertiary/aromatic N) is 3. The van der Waals surface area contributed by atoms with Crippen molar-refractivity contribution in [3.8, 4) is 5.88 Å². The number of allylic oxidation sites excluding steroid dienone is 1. The van der Waals surface area contributed by atoms with Gasteiger partial charge in [0, 0.05) is 17.4 Å². The Bertz CT molecular complexity index is 1110. The van der Waals surface area contributed by atoms with Crippen LogP contribution in [0.5, 0.6) is 5.88 Å². The molecule has 1 aliphatic rings. The molecule has 3 aromatic rings. The van der Waals surface area contributed by atoms with E-state index in [9.17, 15) is 9.90 Å². The first-order valence-corrected chi connectivity index (χ1v) is 10.1. The predicted molar refractivity (Wildman–Crippen MR) is 112 cm³/mol. The van der Waals surface area contributed by atoms with Gasteiger partial charge in [-0.05, 0) is 26.0 Å². The molecule has 0 radical (unpaired) electrons. The lowest BCUT2D eigenvalue weighted by Crippen LogP contribution is -2.03. The molecule has 0 fully saturated rings. The number of esters is 1. The van der Waals surface area contributed by atoms with Gasteiger partial charge in [0.05, 0.1) is 22.9 Å². The van der Waals surface area contributed by atoms with Crippen molar-refractivity contribution in [3.05, 3.63) is 45.3 Å². The Morgan fingerprint density at radius 2 is 2.04 bits per heavy atom. The number of aryl methyl sites for hydroxylation is 1. The van der Waals surface area contributed by atoms with Gasteiger partial charge < -0.3 is 15.2 Å². The van der Waals surface area contributed by atoms with E-state index in [1.54, 1.807) is 20.1 Å². The Labute approximate surface area is 169 Å². The highest BCUT2D eigenvalue weighted by Crippen LogP contribution is 2.37. The van der Waals surface area contributed by atoms with Gasteiger partial charge in [-0.1, -0.05) is 40.9 Å². The summed E-state index contributed by atoms with van der Waals surface area (Å²) in [6.45, 7) is 3.82. The first kappa shape index (κ1) is 18.3. The van der Waals surface area contributed by atoms with Crippen LogP contribution in [-0.2, 0) is 4.74 Å². The summed E-state index contributed by atoms with van der Waals surface area (Å²) in [4.78, 5) is 25.8. The molecule has 28 heavy (non-hydrogen) atoms. The largest absolute Gasteiger partial charge is 0.492 e. The zero-order valence-corrected chi connectivity index (χ0v) is 16.7. The van der Waals surface area contributed by atoms with Gasteiger partial charge in [0.2, 0.25) is 5.88 Å². The summed E-state index contributed by atoms with van der Waals surface area (Å²) in [5.41, 5.74) is 3.42. The standard InChI is InChI=1S/C19H16N4O3S2/c1-3-26-17(25)15-10(2)21-18(28-15)23-19-22-16(24)14(27-19)8-11-9-20-13-7-5-4-6-12(11)13/h4-9,24H,3H2,1-2H3,(H,21,22,23). The summed E-state index contributed by atoms with van der Waals surface area (Å²) in [5, 5.41) is 14.3. The molecule has 0 amide bonds. The lowest BCUT2D eigenvalue weighted by Gasteiger charge is -1.98. The third-order valence-electron chi connectivity index (χ3n) is 3.95. The van der Waals surface area contributed by atoms with E-state index in [4.69, 9.17) is 4.74 Å². The van der Waals surface area contributed by atoms with Gasteiger partial charge in [-0.3, -0.25) is 4.99 Å². The Morgan fingerprint density at radius 1 is 1.25 bits per heavy atom. The van der Waals surface area contributed by atoms with Crippen LogP contribution in [0.4, 0.5) is 16.0 Å². The molecule has 7 nitrogen and oxygen atoms in total. The van der Waals surface area contributed by atoms with Crippen LogP contribution in [0, 0.1) is 6.92 Å². The third kappa shape index (κ3) is 3.54. The van der Waals surface area contributed by atoms with Gasteiger partial charge in [0.25, 0.3) is 0 Å². The fourth-order valence-electron chi connectivity index (χ4n) is 2.69. The molecule has 4 rings (SSSR count). The molecule has 142 valence electrons. The fraction of sp³-hybridized carbons (Fsp3) is 0.158. The number of ether oxygens (including phenoxy) is 1. The van der Waals surface area contributed by atoms with Crippen LogP contribution in [0.15, 0.2) is 29.3 Å². The summed E-state index contributed by atoms with van der Waals surface area (Å²) in [5.74, 6) is -0.464. The highest BCUT2D eigenvalue weighted by atomic mass is 32.1. The Morgan fingerprint density at radius 3 is 2.86 bits per heavy atom. The van der Waals surface area contributed by atoms with Crippen molar-refractivity contribution in [1.82, 2.24) is 9.97 Å². The number of hydrogen-bond donors (Lipinski definition) is 2. The minimum Gasteiger partial charge on any atom is -0.492 e. The van der Waals surface area contributed by atoms with E-state index in [1.165, 1.54) is 22.7 Å². The van der Waals surface area contributed by atoms with Crippen LogP contribution in [0.3, 0.4) is 0 Å². The maximum Gasteiger partial charge on any atom is 0.350 e. The Balaban J connectivity index is 1.56. The fourth-order valence-corrected chi connectivity index (χ4v) is 4.43. The average molecular weight is 412 g/mol. The van der Waals surface area contributed by atoms with Gasteiger partial charge >= 0.3 is 5.97 Å².